The van der Waals surface area contributed by atoms with E-state index < -0.39 is 11.9 Å². The topological polar surface area (TPSA) is 92.4 Å². The number of aromatic nitrogens is 1. The first-order chi connectivity index (χ1) is 13.1. The molecule has 132 valence electrons. The standard InChI is InChI=1S/C21H14N2O4/c24-19(15-5-1-2-6-16(15)21(25)26)22-14-11-9-13(10-12-14)20-23-17-7-3-4-8-18(17)27-20/h1-12H,(H,22,24)(H,25,26). The van der Waals surface area contributed by atoms with E-state index in [1.807, 2.05) is 24.3 Å². The fourth-order valence-electron chi connectivity index (χ4n) is 2.76. The predicted molar refractivity (Wildman–Crippen MR) is 101 cm³/mol. The van der Waals surface area contributed by atoms with Crippen LogP contribution in [0.5, 0.6) is 0 Å². The Kier molecular flexibility index (Phi) is 4.14. The van der Waals surface area contributed by atoms with Gasteiger partial charge >= 0.3 is 5.97 Å². The van der Waals surface area contributed by atoms with Crippen LogP contribution in [0.1, 0.15) is 20.7 Å². The van der Waals surface area contributed by atoms with Crippen molar-refractivity contribution in [3.05, 3.63) is 83.9 Å². The maximum Gasteiger partial charge on any atom is 0.336 e. The number of oxazole rings is 1. The van der Waals surface area contributed by atoms with E-state index in [4.69, 9.17) is 4.42 Å². The van der Waals surface area contributed by atoms with Gasteiger partial charge < -0.3 is 14.8 Å². The lowest BCUT2D eigenvalue weighted by Gasteiger charge is -2.08. The fraction of sp³-hybridized carbons (Fsp3) is 0. The molecule has 0 radical (unpaired) electrons. The highest BCUT2D eigenvalue weighted by Gasteiger charge is 2.16. The van der Waals surface area contributed by atoms with E-state index in [1.165, 1.54) is 12.1 Å². The van der Waals surface area contributed by atoms with Crippen LogP contribution in [-0.4, -0.2) is 22.0 Å². The highest BCUT2D eigenvalue weighted by molar-refractivity contribution is 6.10. The lowest BCUT2D eigenvalue weighted by Crippen LogP contribution is -2.16. The summed E-state index contributed by atoms with van der Waals surface area (Å²) >= 11 is 0. The van der Waals surface area contributed by atoms with Crippen LogP contribution < -0.4 is 5.32 Å². The number of rotatable bonds is 4. The van der Waals surface area contributed by atoms with E-state index in [-0.39, 0.29) is 11.1 Å². The summed E-state index contributed by atoms with van der Waals surface area (Å²) in [6.07, 6.45) is 0. The van der Waals surface area contributed by atoms with Crippen LogP contribution in [0.2, 0.25) is 0 Å². The van der Waals surface area contributed by atoms with E-state index in [0.29, 0.717) is 17.2 Å². The molecule has 0 bridgehead atoms. The summed E-state index contributed by atoms with van der Waals surface area (Å²) < 4.78 is 5.72. The number of amides is 1. The number of carbonyl (C=O) groups is 2. The summed E-state index contributed by atoms with van der Waals surface area (Å²) in [5.74, 6) is -1.14. The SMILES string of the molecule is O=C(O)c1ccccc1C(=O)Nc1ccc(-c2nc3ccccc3o2)cc1. The third-order valence-electron chi connectivity index (χ3n) is 4.09. The highest BCUT2D eigenvalue weighted by Crippen LogP contribution is 2.25. The summed E-state index contributed by atoms with van der Waals surface area (Å²) in [6.45, 7) is 0. The second kappa shape index (κ2) is 6.76. The smallest absolute Gasteiger partial charge is 0.336 e. The van der Waals surface area contributed by atoms with Crippen LogP contribution in [0.15, 0.2) is 77.2 Å². The lowest BCUT2D eigenvalue weighted by molar-refractivity contribution is 0.0692. The molecule has 4 aromatic rings. The fourth-order valence-corrected chi connectivity index (χ4v) is 2.76. The first-order valence-electron chi connectivity index (χ1n) is 8.21. The average Bonchev–Trinajstić information content (AvgIpc) is 3.12. The van der Waals surface area contributed by atoms with Crippen molar-refractivity contribution in [1.29, 1.82) is 0 Å². The molecule has 0 saturated carbocycles. The van der Waals surface area contributed by atoms with Crippen LogP contribution in [0.4, 0.5) is 5.69 Å². The molecule has 0 spiro atoms. The molecule has 0 aliphatic rings. The molecule has 1 amide bonds. The number of fused-ring (bicyclic) bond motifs is 1. The summed E-state index contributed by atoms with van der Waals surface area (Å²) in [5, 5.41) is 11.9. The van der Waals surface area contributed by atoms with Crippen molar-refractivity contribution in [2.24, 2.45) is 0 Å². The number of nitrogens with one attached hydrogen (secondary N) is 1. The van der Waals surface area contributed by atoms with Gasteiger partial charge in [-0.2, -0.15) is 0 Å². The molecule has 3 aromatic carbocycles. The van der Waals surface area contributed by atoms with Gasteiger partial charge in [0.05, 0.1) is 11.1 Å². The predicted octanol–water partition coefficient (Wildman–Crippen LogP) is 4.45. The van der Waals surface area contributed by atoms with Gasteiger partial charge in [0.15, 0.2) is 5.58 Å². The summed E-state index contributed by atoms with van der Waals surface area (Å²) in [5.41, 5.74) is 2.85. The summed E-state index contributed by atoms with van der Waals surface area (Å²) in [7, 11) is 0. The zero-order valence-corrected chi connectivity index (χ0v) is 14.0. The number of hydrogen-bond acceptors (Lipinski definition) is 4. The maximum atomic E-state index is 12.4. The van der Waals surface area contributed by atoms with Gasteiger partial charge in [0.25, 0.3) is 5.91 Å². The van der Waals surface area contributed by atoms with Gasteiger partial charge in [0, 0.05) is 11.3 Å². The number of para-hydroxylation sites is 2. The van der Waals surface area contributed by atoms with E-state index >= 15 is 0 Å². The first-order valence-corrected chi connectivity index (χ1v) is 8.21. The Morgan fingerprint density at radius 2 is 1.52 bits per heavy atom. The minimum absolute atomic E-state index is 0.0434. The van der Waals surface area contributed by atoms with E-state index in [9.17, 15) is 14.7 Å². The molecule has 6 nitrogen and oxygen atoms in total. The first kappa shape index (κ1) is 16.5. The van der Waals surface area contributed by atoms with Crippen LogP contribution >= 0.6 is 0 Å². The molecule has 0 unspecified atom stereocenters. The summed E-state index contributed by atoms with van der Waals surface area (Å²) in [4.78, 5) is 28.1. The third kappa shape index (κ3) is 3.28. The quantitative estimate of drug-likeness (QED) is 0.562. The normalized spacial score (nSPS) is 10.7. The molecule has 6 heteroatoms. The number of carboxylic acids is 1. The Hall–Kier alpha value is -3.93. The molecule has 1 aromatic heterocycles. The van der Waals surface area contributed by atoms with Gasteiger partial charge in [-0.15, -0.1) is 0 Å². The Morgan fingerprint density at radius 3 is 2.22 bits per heavy atom. The molecule has 2 N–H and O–H groups in total. The molecule has 4 rings (SSSR count). The van der Waals surface area contributed by atoms with E-state index in [0.717, 1.165) is 11.1 Å². The highest BCUT2D eigenvalue weighted by atomic mass is 16.4. The van der Waals surface area contributed by atoms with Crippen molar-refractivity contribution in [1.82, 2.24) is 4.98 Å². The number of nitrogens with zero attached hydrogens (tertiary/aromatic N) is 1. The van der Waals surface area contributed by atoms with Crippen molar-refractivity contribution in [2.75, 3.05) is 5.32 Å². The van der Waals surface area contributed by atoms with Crippen LogP contribution in [0.3, 0.4) is 0 Å². The maximum absolute atomic E-state index is 12.4. The zero-order valence-electron chi connectivity index (χ0n) is 14.0. The second-order valence-electron chi connectivity index (χ2n) is 5.87. The van der Waals surface area contributed by atoms with E-state index in [2.05, 4.69) is 10.3 Å². The van der Waals surface area contributed by atoms with Crippen molar-refractivity contribution >= 4 is 28.7 Å². The third-order valence-corrected chi connectivity index (χ3v) is 4.09. The summed E-state index contributed by atoms with van der Waals surface area (Å²) in [6, 6.07) is 20.6. The molecule has 27 heavy (non-hydrogen) atoms. The molecule has 0 fully saturated rings. The minimum atomic E-state index is -1.15. The number of aromatic carboxylic acids is 1. The molecule has 0 atom stereocenters. The minimum Gasteiger partial charge on any atom is -0.478 e. The van der Waals surface area contributed by atoms with Gasteiger partial charge in [0.1, 0.15) is 5.52 Å². The zero-order chi connectivity index (χ0) is 18.8. The van der Waals surface area contributed by atoms with Gasteiger partial charge in [-0.05, 0) is 48.5 Å². The Labute approximate surface area is 154 Å². The van der Waals surface area contributed by atoms with Crippen LogP contribution in [0.25, 0.3) is 22.6 Å². The Bertz CT molecular complexity index is 1110. The van der Waals surface area contributed by atoms with Crippen LogP contribution in [0, 0.1) is 0 Å². The van der Waals surface area contributed by atoms with Gasteiger partial charge in [-0.3, -0.25) is 4.79 Å². The van der Waals surface area contributed by atoms with Crippen molar-refractivity contribution in [3.63, 3.8) is 0 Å². The molecule has 1 heterocycles. The van der Waals surface area contributed by atoms with Gasteiger partial charge in [-0.25, -0.2) is 9.78 Å². The number of carboxylic acid groups (broad SMARTS) is 1. The second-order valence-corrected chi connectivity index (χ2v) is 5.87. The number of hydrogen-bond donors (Lipinski definition) is 2. The molecular formula is C21H14N2O4. The Balaban J connectivity index is 1.56. The van der Waals surface area contributed by atoms with Crippen molar-refractivity contribution in [2.45, 2.75) is 0 Å². The van der Waals surface area contributed by atoms with E-state index in [1.54, 1.807) is 36.4 Å². The molecule has 0 saturated heterocycles. The van der Waals surface area contributed by atoms with Gasteiger partial charge in [0.2, 0.25) is 5.89 Å². The lowest BCUT2D eigenvalue weighted by atomic mass is 10.1. The number of benzene rings is 3. The average molecular weight is 358 g/mol. The Morgan fingerprint density at radius 1 is 0.852 bits per heavy atom. The number of carbonyl (C=O) groups excluding carboxylic acids is 1. The monoisotopic (exact) mass is 358 g/mol. The van der Waals surface area contributed by atoms with Crippen LogP contribution in [-0.2, 0) is 0 Å². The largest absolute Gasteiger partial charge is 0.478 e. The number of anilines is 1. The van der Waals surface area contributed by atoms with Crippen molar-refractivity contribution in [3.8, 4) is 11.5 Å². The molecular weight excluding hydrogens is 344 g/mol. The molecule has 0 aliphatic heterocycles. The van der Waals surface area contributed by atoms with Crippen molar-refractivity contribution < 1.29 is 19.1 Å². The van der Waals surface area contributed by atoms with Gasteiger partial charge in [-0.1, -0.05) is 24.3 Å². The molecule has 0 aliphatic carbocycles.